The molecule has 4 rings (SSSR count). The van der Waals surface area contributed by atoms with Crippen molar-refractivity contribution in [3.05, 3.63) is 93.5 Å². The summed E-state index contributed by atoms with van der Waals surface area (Å²) >= 11 is 6.18. The molecule has 0 aliphatic carbocycles. The third kappa shape index (κ3) is 4.62. The molecule has 0 saturated carbocycles. The molecule has 0 aromatic heterocycles. The number of halogens is 1. The number of aryl methyl sites for hydroxylation is 2. The van der Waals surface area contributed by atoms with E-state index < -0.39 is 17.7 Å². The molecule has 1 fully saturated rings. The zero-order valence-corrected chi connectivity index (χ0v) is 20.5. The maximum Gasteiger partial charge on any atom is 0.300 e. The molecule has 0 radical (unpaired) electrons. The topological polar surface area (TPSA) is 87.1 Å². The number of anilines is 1. The average Bonchev–Trinajstić information content (AvgIpc) is 3.11. The third-order valence-corrected chi connectivity index (χ3v) is 6.40. The van der Waals surface area contributed by atoms with Gasteiger partial charge in [0.25, 0.3) is 11.7 Å². The monoisotopic (exact) mass is 491 g/mol. The number of carbonyl (C=O) groups is 2. The SMILES string of the molecule is CCCOc1ccc(/C(O)=C2\C(=O)C(=O)N(c3ccc(C)c(C)c3)C2c2ccc(O)c(Cl)c2)cc1. The van der Waals surface area contributed by atoms with Gasteiger partial charge in [-0.25, -0.2) is 0 Å². The van der Waals surface area contributed by atoms with E-state index in [1.165, 1.54) is 17.0 Å². The molecule has 1 aliphatic heterocycles. The summed E-state index contributed by atoms with van der Waals surface area (Å²) in [6.45, 7) is 6.45. The summed E-state index contributed by atoms with van der Waals surface area (Å²) in [5, 5.41) is 21.3. The van der Waals surface area contributed by atoms with Gasteiger partial charge >= 0.3 is 0 Å². The number of phenols is 1. The van der Waals surface area contributed by atoms with E-state index in [9.17, 15) is 19.8 Å². The van der Waals surface area contributed by atoms with Gasteiger partial charge in [0.2, 0.25) is 0 Å². The Bertz CT molecular complexity index is 1330. The van der Waals surface area contributed by atoms with Crippen LogP contribution < -0.4 is 9.64 Å². The van der Waals surface area contributed by atoms with Gasteiger partial charge in [0.1, 0.15) is 17.3 Å². The summed E-state index contributed by atoms with van der Waals surface area (Å²) in [7, 11) is 0. The van der Waals surface area contributed by atoms with Gasteiger partial charge in [0, 0.05) is 11.3 Å². The van der Waals surface area contributed by atoms with E-state index in [0.717, 1.165) is 17.5 Å². The molecular weight excluding hydrogens is 466 g/mol. The lowest BCUT2D eigenvalue weighted by molar-refractivity contribution is -0.132. The number of aliphatic hydroxyl groups excluding tert-OH is 1. The van der Waals surface area contributed by atoms with Crippen molar-refractivity contribution in [2.45, 2.75) is 33.2 Å². The molecule has 1 unspecified atom stereocenters. The number of aromatic hydroxyl groups is 1. The number of rotatable bonds is 6. The van der Waals surface area contributed by atoms with Crippen LogP contribution in [0, 0.1) is 13.8 Å². The van der Waals surface area contributed by atoms with E-state index in [1.807, 2.05) is 32.9 Å². The zero-order valence-electron chi connectivity index (χ0n) is 19.7. The molecule has 1 aliphatic rings. The van der Waals surface area contributed by atoms with Crippen LogP contribution in [0.3, 0.4) is 0 Å². The third-order valence-electron chi connectivity index (χ3n) is 6.10. The van der Waals surface area contributed by atoms with Gasteiger partial charge in [-0.15, -0.1) is 0 Å². The van der Waals surface area contributed by atoms with E-state index in [0.29, 0.717) is 29.2 Å². The minimum atomic E-state index is -0.939. The molecule has 0 bridgehead atoms. The molecule has 180 valence electrons. The highest BCUT2D eigenvalue weighted by Crippen LogP contribution is 2.43. The van der Waals surface area contributed by atoms with Gasteiger partial charge in [-0.1, -0.05) is 30.7 Å². The van der Waals surface area contributed by atoms with E-state index in [2.05, 4.69) is 0 Å². The van der Waals surface area contributed by atoms with Crippen LogP contribution in [-0.4, -0.2) is 28.5 Å². The van der Waals surface area contributed by atoms with E-state index in [1.54, 1.807) is 36.4 Å². The van der Waals surface area contributed by atoms with Crippen LogP contribution in [0.4, 0.5) is 5.69 Å². The largest absolute Gasteiger partial charge is 0.507 e. The van der Waals surface area contributed by atoms with Crippen LogP contribution in [-0.2, 0) is 9.59 Å². The number of hydrogen-bond donors (Lipinski definition) is 2. The van der Waals surface area contributed by atoms with Crippen LogP contribution in [0.5, 0.6) is 11.5 Å². The fourth-order valence-electron chi connectivity index (χ4n) is 4.07. The minimum absolute atomic E-state index is 0.0581. The van der Waals surface area contributed by atoms with Gasteiger partial charge in [-0.3, -0.25) is 14.5 Å². The average molecular weight is 492 g/mol. The van der Waals surface area contributed by atoms with Crippen molar-refractivity contribution in [1.82, 2.24) is 0 Å². The number of carbonyl (C=O) groups excluding carboxylic acids is 2. The number of hydrogen-bond acceptors (Lipinski definition) is 5. The lowest BCUT2D eigenvalue weighted by Crippen LogP contribution is -2.29. The Morgan fingerprint density at radius 2 is 1.71 bits per heavy atom. The molecule has 2 N–H and O–H groups in total. The first-order valence-corrected chi connectivity index (χ1v) is 11.7. The van der Waals surface area contributed by atoms with Gasteiger partial charge in [0.05, 0.1) is 23.2 Å². The molecule has 1 atom stereocenters. The highest BCUT2D eigenvalue weighted by atomic mass is 35.5. The summed E-state index contributed by atoms with van der Waals surface area (Å²) in [5.41, 5.74) is 3.31. The second-order valence-electron chi connectivity index (χ2n) is 8.52. The summed E-state index contributed by atoms with van der Waals surface area (Å²) < 4.78 is 5.60. The second kappa shape index (κ2) is 9.84. The number of nitrogens with zero attached hydrogens (tertiary/aromatic N) is 1. The van der Waals surface area contributed by atoms with Crippen molar-refractivity contribution in [2.24, 2.45) is 0 Å². The Morgan fingerprint density at radius 3 is 2.34 bits per heavy atom. The van der Waals surface area contributed by atoms with E-state index in [4.69, 9.17) is 16.3 Å². The predicted octanol–water partition coefficient (Wildman–Crippen LogP) is 6.08. The molecule has 0 spiro atoms. The smallest absolute Gasteiger partial charge is 0.300 e. The zero-order chi connectivity index (χ0) is 25.3. The van der Waals surface area contributed by atoms with Crippen LogP contribution in [0.1, 0.15) is 41.6 Å². The number of amides is 1. The molecule has 6 nitrogen and oxygen atoms in total. The van der Waals surface area contributed by atoms with Gasteiger partial charge < -0.3 is 14.9 Å². The number of ether oxygens (including phenoxy) is 1. The Hall–Kier alpha value is -3.77. The Kier molecular flexibility index (Phi) is 6.85. The molecule has 35 heavy (non-hydrogen) atoms. The summed E-state index contributed by atoms with van der Waals surface area (Å²) in [6, 6.07) is 15.7. The first kappa shape index (κ1) is 24.4. The van der Waals surface area contributed by atoms with Gasteiger partial charge in [-0.05, 0) is 85.5 Å². The fraction of sp³-hybridized carbons (Fsp3) is 0.214. The standard InChI is InChI=1S/C28H26ClNO5/c1-4-13-35-21-10-6-18(7-11-21)26(32)24-25(19-8-12-23(31)22(29)15-19)30(28(34)27(24)33)20-9-5-16(2)17(3)14-20/h5-12,14-15,25,31-32H,4,13H2,1-3H3/b26-24+. The highest BCUT2D eigenvalue weighted by Gasteiger charge is 2.47. The molecule has 3 aromatic rings. The Labute approximate surface area is 209 Å². The minimum Gasteiger partial charge on any atom is -0.507 e. The lowest BCUT2D eigenvalue weighted by atomic mass is 9.95. The maximum absolute atomic E-state index is 13.3. The van der Waals surface area contributed by atoms with E-state index in [-0.39, 0.29) is 22.1 Å². The maximum atomic E-state index is 13.3. The number of Topliss-reactive ketones (excluding diaryl/α,β-unsaturated/α-hetero) is 1. The summed E-state index contributed by atoms with van der Waals surface area (Å²) in [6.07, 6.45) is 0.860. The quantitative estimate of drug-likeness (QED) is 0.248. The normalized spacial score (nSPS) is 17.1. The molecule has 1 heterocycles. The van der Waals surface area contributed by atoms with Crippen molar-refractivity contribution >= 4 is 34.7 Å². The number of phenolic OH excluding ortho intramolecular Hbond substituents is 1. The number of ketones is 1. The number of benzene rings is 3. The van der Waals surface area contributed by atoms with Crippen LogP contribution in [0.15, 0.2) is 66.2 Å². The fourth-order valence-corrected chi connectivity index (χ4v) is 4.26. The first-order valence-electron chi connectivity index (χ1n) is 11.3. The van der Waals surface area contributed by atoms with Crippen molar-refractivity contribution in [2.75, 3.05) is 11.5 Å². The second-order valence-corrected chi connectivity index (χ2v) is 8.93. The predicted molar refractivity (Wildman–Crippen MR) is 136 cm³/mol. The van der Waals surface area contributed by atoms with Crippen LogP contribution in [0.2, 0.25) is 5.02 Å². The van der Waals surface area contributed by atoms with Gasteiger partial charge in [0.15, 0.2) is 0 Å². The molecule has 3 aromatic carbocycles. The molecule has 7 heteroatoms. The van der Waals surface area contributed by atoms with Crippen molar-refractivity contribution in [1.29, 1.82) is 0 Å². The lowest BCUT2D eigenvalue weighted by Gasteiger charge is -2.26. The summed E-state index contributed by atoms with van der Waals surface area (Å²) in [4.78, 5) is 27.9. The molecular formula is C28H26ClNO5. The van der Waals surface area contributed by atoms with Crippen molar-refractivity contribution in [3.8, 4) is 11.5 Å². The molecule has 1 amide bonds. The summed E-state index contributed by atoms with van der Waals surface area (Å²) in [5.74, 6) is -1.35. The number of aliphatic hydroxyl groups is 1. The van der Waals surface area contributed by atoms with Gasteiger partial charge in [-0.2, -0.15) is 0 Å². The Morgan fingerprint density at radius 1 is 1.00 bits per heavy atom. The molecule has 1 saturated heterocycles. The van der Waals surface area contributed by atoms with Crippen molar-refractivity contribution in [3.63, 3.8) is 0 Å². The Balaban J connectivity index is 1.88. The van der Waals surface area contributed by atoms with Crippen LogP contribution >= 0.6 is 11.6 Å². The first-order chi connectivity index (χ1) is 16.7. The highest BCUT2D eigenvalue weighted by molar-refractivity contribution is 6.51. The van der Waals surface area contributed by atoms with Crippen LogP contribution in [0.25, 0.3) is 5.76 Å². The van der Waals surface area contributed by atoms with E-state index >= 15 is 0 Å². The van der Waals surface area contributed by atoms with Crippen molar-refractivity contribution < 1.29 is 24.5 Å².